The van der Waals surface area contributed by atoms with Crippen LogP contribution in [0, 0.1) is 17.1 Å². The molecule has 0 radical (unpaired) electrons. The van der Waals surface area contributed by atoms with Crippen molar-refractivity contribution < 1.29 is 18.7 Å². The number of esters is 1. The molecule has 0 aliphatic heterocycles. The summed E-state index contributed by atoms with van der Waals surface area (Å²) < 4.78 is 17.9. The van der Waals surface area contributed by atoms with Crippen molar-refractivity contribution in [3.63, 3.8) is 0 Å². The molecule has 0 amide bonds. The van der Waals surface area contributed by atoms with E-state index in [2.05, 4.69) is 0 Å². The molecule has 0 unspecified atom stereocenters. The topological polar surface area (TPSA) is 67.2 Å². The van der Waals surface area contributed by atoms with Gasteiger partial charge in [-0.2, -0.15) is 5.26 Å². The third-order valence-corrected chi connectivity index (χ3v) is 2.11. The molecule has 0 heterocycles. The normalized spacial score (nSPS) is 9.47. The van der Waals surface area contributed by atoms with Gasteiger partial charge in [0.25, 0.3) is 0 Å². The molecule has 17 heavy (non-hydrogen) atoms. The van der Waals surface area contributed by atoms with E-state index in [-0.39, 0.29) is 29.7 Å². The van der Waals surface area contributed by atoms with Crippen LogP contribution in [0.3, 0.4) is 0 Å². The third kappa shape index (κ3) is 3.11. The molecule has 4 nitrogen and oxygen atoms in total. The second kappa shape index (κ2) is 5.75. The van der Waals surface area contributed by atoms with E-state index in [1.54, 1.807) is 13.0 Å². The predicted molar refractivity (Wildman–Crippen MR) is 56.8 cm³/mol. The summed E-state index contributed by atoms with van der Waals surface area (Å²) >= 11 is 0. The number of nitriles is 1. The molecule has 0 aliphatic rings. The Morgan fingerprint density at radius 2 is 2.29 bits per heavy atom. The highest BCUT2D eigenvalue weighted by Crippen LogP contribution is 2.15. The van der Waals surface area contributed by atoms with E-state index >= 15 is 0 Å². The first-order chi connectivity index (χ1) is 8.12. The average Bonchev–Trinajstić information content (AvgIpc) is 2.31. The fourth-order valence-electron chi connectivity index (χ4n) is 1.35. The highest BCUT2D eigenvalue weighted by Gasteiger charge is 2.13. The molecular formula is C12H10FNO3. The molecule has 0 bridgehead atoms. The predicted octanol–water partition coefficient (Wildman–Crippen LogP) is 1.62. The van der Waals surface area contributed by atoms with Crippen molar-refractivity contribution in [2.75, 3.05) is 6.61 Å². The molecule has 0 N–H and O–H groups in total. The van der Waals surface area contributed by atoms with Crippen molar-refractivity contribution in [3.05, 3.63) is 34.6 Å². The number of hydrogen-bond donors (Lipinski definition) is 0. The summed E-state index contributed by atoms with van der Waals surface area (Å²) in [5.74, 6) is -1.29. The van der Waals surface area contributed by atoms with Crippen LogP contribution >= 0.6 is 0 Å². The van der Waals surface area contributed by atoms with Crippen LogP contribution in [0.25, 0.3) is 0 Å². The summed E-state index contributed by atoms with van der Waals surface area (Å²) in [5.41, 5.74) is 0.138. The molecule has 1 aromatic rings. The van der Waals surface area contributed by atoms with Crippen LogP contribution in [0.15, 0.2) is 12.1 Å². The fourth-order valence-corrected chi connectivity index (χ4v) is 1.35. The van der Waals surface area contributed by atoms with Crippen LogP contribution in [0.4, 0.5) is 4.39 Å². The Bertz CT molecular complexity index is 491. The summed E-state index contributed by atoms with van der Waals surface area (Å²) in [6, 6.07) is 3.91. The van der Waals surface area contributed by atoms with Gasteiger partial charge in [0.1, 0.15) is 5.82 Å². The molecule has 0 aromatic heterocycles. The second-order valence-corrected chi connectivity index (χ2v) is 3.24. The second-order valence-electron chi connectivity index (χ2n) is 3.24. The zero-order valence-corrected chi connectivity index (χ0v) is 9.20. The maximum Gasteiger partial charge on any atom is 0.310 e. The number of hydrogen-bond acceptors (Lipinski definition) is 4. The van der Waals surface area contributed by atoms with E-state index < -0.39 is 11.8 Å². The van der Waals surface area contributed by atoms with E-state index in [1.807, 2.05) is 0 Å². The van der Waals surface area contributed by atoms with Crippen LogP contribution in [0.2, 0.25) is 0 Å². The molecular weight excluding hydrogens is 225 g/mol. The van der Waals surface area contributed by atoms with E-state index in [1.165, 1.54) is 6.07 Å². The Morgan fingerprint density at radius 1 is 1.59 bits per heavy atom. The number of halogens is 1. The van der Waals surface area contributed by atoms with Gasteiger partial charge in [0.15, 0.2) is 6.29 Å². The summed E-state index contributed by atoms with van der Waals surface area (Å²) in [4.78, 5) is 21.8. The lowest BCUT2D eigenvalue weighted by atomic mass is 10.0. The van der Waals surface area contributed by atoms with E-state index in [0.717, 1.165) is 6.07 Å². The SMILES string of the molecule is CCOC(=O)Cc1cc(C=O)c(F)cc1C#N. The standard InChI is InChI=1S/C12H10FNO3/c1-2-17-12(16)5-8-3-10(7-15)11(13)4-9(8)6-14/h3-4,7H,2,5H2,1H3. The van der Waals surface area contributed by atoms with Crippen molar-refractivity contribution in [3.8, 4) is 6.07 Å². The van der Waals surface area contributed by atoms with Gasteiger partial charge in [-0.1, -0.05) is 0 Å². The first-order valence-electron chi connectivity index (χ1n) is 4.95. The molecule has 0 aliphatic carbocycles. The van der Waals surface area contributed by atoms with Crippen LogP contribution < -0.4 is 0 Å². The monoisotopic (exact) mass is 235 g/mol. The Balaban J connectivity index is 3.09. The number of nitrogens with zero attached hydrogens (tertiary/aromatic N) is 1. The highest BCUT2D eigenvalue weighted by molar-refractivity contribution is 5.79. The van der Waals surface area contributed by atoms with Crippen molar-refractivity contribution in [1.82, 2.24) is 0 Å². The Labute approximate surface area is 97.6 Å². The largest absolute Gasteiger partial charge is 0.466 e. The quantitative estimate of drug-likeness (QED) is 0.587. The Hall–Kier alpha value is -2.22. The van der Waals surface area contributed by atoms with Gasteiger partial charge < -0.3 is 4.74 Å². The van der Waals surface area contributed by atoms with Crippen molar-refractivity contribution in [1.29, 1.82) is 5.26 Å². The molecule has 0 saturated carbocycles. The minimum Gasteiger partial charge on any atom is -0.466 e. The highest BCUT2D eigenvalue weighted by atomic mass is 19.1. The first kappa shape index (κ1) is 12.8. The fraction of sp³-hybridized carbons (Fsp3) is 0.250. The minimum atomic E-state index is -0.774. The van der Waals surface area contributed by atoms with Gasteiger partial charge in [0, 0.05) is 0 Å². The number of benzene rings is 1. The summed E-state index contributed by atoms with van der Waals surface area (Å²) in [6.45, 7) is 1.88. The molecule has 0 saturated heterocycles. The maximum atomic E-state index is 13.2. The van der Waals surface area contributed by atoms with Crippen LogP contribution in [0.5, 0.6) is 0 Å². The number of ether oxygens (including phenoxy) is 1. The van der Waals surface area contributed by atoms with Gasteiger partial charge in [-0.3, -0.25) is 9.59 Å². The van der Waals surface area contributed by atoms with Gasteiger partial charge >= 0.3 is 5.97 Å². The van der Waals surface area contributed by atoms with Crippen molar-refractivity contribution >= 4 is 12.3 Å². The Morgan fingerprint density at radius 3 is 2.82 bits per heavy atom. The average molecular weight is 235 g/mol. The van der Waals surface area contributed by atoms with Gasteiger partial charge in [-0.25, -0.2) is 4.39 Å². The lowest BCUT2D eigenvalue weighted by Gasteiger charge is -2.05. The lowest BCUT2D eigenvalue weighted by molar-refractivity contribution is -0.142. The number of aldehydes is 1. The number of carbonyl (C=O) groups excluding carboxylic acids is 2. The third-order valence-electron chi connectivity index (χ3n) is 2.11. The van der Waals surface area contributed by atoms with Crippen LogP contribution in [-0.2, 0) is 16.0 Å². The summed E-state index contributed by atoms with van der Waals surface area (Å²) in [6.07, 6.45) is 0.184. The van der Waals surface area contributed by atoms with E-state index in [9.17, 15) is 14.0 Å². The first-order valence-corrected chi connectivity index (χ1v) is 4.95. The Kier molecular flexibility index (Phi) is 4.35. The molecule has 1 rings (SSSR count). The molecule has 0 atom stereocenters. The van der Waals surface area contributed by atoms with Gasteiger partial charge in [0.05, 0.1) is 30.2 Å². The number of carbonyl (C=O) groups is 2. The molecule has 88 valence electrons. The van der Waals surface area contributed by atoms with Crippen LogP contribution in [-0.4, -0.2) is 18.9 Å². The molecule has 1 aromatic carbocycles. The summed E-state index contributed by atoms with van der Waals surface area (Å²) in [7, 11) is 0. The molecule has 0 spiro atoms. The van der Waals surface area contributed by atoms with Gasteiger partial charge in [-0.05, 0) is 24.6 Å². The van der Waals surface area contributed by atoms with E-state index in [4.69, 9.17) is 10.00 Å². The van der Waals surface area contributed by atoms with Gasteiger partial charge in [-0.15, -0.1) is 0 Å². The maximum absolute atomic E-state index is 13.2. The smallest absolute Gasteiger partial charge is 0.310 e. The van der Waals surface area contributed by atoms with E-state index in [0.29, 0.717) is 6.29 Å². The van der Waals surface area contributed by atoms with Crippen molar-refractivity contribution in [2.24, 2.45) is 0 Å². The van der Waals surface area contributed by atoms with Gasteiger partial charge in [0.2, 0.25) is 0 Å². The molecule has 0 fully saturated rings. The zero-order chi connectivity index (χ0) is 12.8. The number of rotatable bonds is 4. The van der Waals surface area contributed by atoms with Crippen molar-refractivity contribution in [2.45, 2.75) is 13.3 Å². The zero-order valence-electron chi connectivity index (χ0n) is 9.20. The van der Waals surface area contributed by atoms with Crippen LogP contribution in [0.1, 0.15) is 28.4 Å². The lowest BCUT2D eigenvalue weighted by Crippen LogP contribution is -2.09. The summed E-state index contributed by atoms with van der Waals surface area (Å²) in [5, 5.41) is 8.79. The molecule has 5 heteroatoms. The minimum absolute atomic E-state index is 0.0288.